The van der Waals surface area contributed by atoms with Crippen LogP contribution in [0.25, 0.3) is 11.0 Å². The van der Waals surface area contributed by atoms with Crippen LogP contribution in [0.4, 0.5) is 0 Å². The van der Waals surface area contributed by atoms with Crippen molar-refractivity contribution in [2.75, 3.05) is 5.75 Å². The average molecular weight is 362 g/mol. The van der Waals surface area contributed by atoms with Gasteiger partial charge in [0, 0.05) is 18.8 Å². The van der Waals surface area contributed by atoms with E-state index in [0.29, 0.717) is 34.6 Å². The van der Waals surface area contributed by atoms with Crippen molar-refractivity contribution in [3.8, 4) is 0 Å². The number of fused-ring (bicyclic) bond motifs is 1. The molecule has 2 rings (SSSR count). The molecule has 0 saturated heterocycles. The lowest BCUT2D eigenvalue weighted by molar-refractivity contribution is -0.119. The molecule has 0 aromatic carbocycles. The van der Waals surface area contributed by atoms with Crippen molar-refractivity contribution < 1.29 is 4.79 Å². The quantitative estimate of drug-likeness (QED) is 0.605. The number of amides is 1. The fourth-order valence-corrected chi connectivity index (χ4v) is 3.07. The van der Waals surface area contributed by atoms with Crippen molar-refractivity contribution in [3.05, 3.63) is 28.7 Å². The van der Waals surface area contributed by atoms with Gasteiger partial charge in [-0.15, -0.1) is 0 Å². The maximum absolute atomic E-state index is 12.8. The van der Waals surface area contributed by atoms with Crippen LogP contribution in [0.3, 0.4) is 0 Å². The molecule has 2 heterocycles. The average Bonchev–Trinajstić information content (AvgIpc) is 2.55. The van der Waals surface area contributed by atoms with E-state index in [1.54, 1.807) is 22.9 Å². The molecular weight excluding hydrogens is 336 g/mol. The van der Waals surface area contributed by atoms with E-state index in [1.807, 2.05) is 20.8 Å². The van der Waals surface area contributed by atoms with Crippen molar-refractivity contribution in [2.24, 2.45) is 11.8 Å². The molecule has 1 unspecified atom stereocenters. The van der Waals surface area contributed by atoms with Gasteiger partial charge in [-0.1, -0.05) is 39.5 Å². The van der Waals surface area contributed by atoms with Gasteiger partial charge in [0.15, 0.2) is 10.8 Å². The molecule has 0 aliphatic carbocycles. The lowest BCUT2D eigenvalue weighted by atomic mass is 10.1. The van der Waals surface area contributed by atoms with Crippen molar-refractivity contribution in [1.29, 1.82) is 0 Å². The number of aromatic nitrogens is 3. The summed E-state index contributed by atoms with van der Waals surface area (Å²) in [5.41, 5.74) is 0.316. The van der Waals surface area contributed by atoms with Gasteiger partial charge in [-0.25, -0.2) is 9.97 Å². The molecule has 0 aliphatic heterocycles. The Balaban J connectivity index is 2.26. The van der Waals surface area contributed by atoms with E-state index in [9.17, 15) is 9.59 Å². The fourth-order valence-electron chi connectivity index (χ4n) is 2.26. The van der Waals surface area contributed by atoms with Crippen molar-refractivity contribution in [3.63, 3.8) is 0 Å². The first-order chi connectivity index (χ1) is 11.8. The molecule has 0 aliphatic rings. The lowest BCUT2D eigenvalue weighted by Crippen LogP contribution is -2.37. The van der Waals surface area contributed by atoms with E-state index < -0.39 is 0 Å². The summed E-state index contributed by atoms with van der Waals surface area (Å²) in [5, 5.41) is 4.02. The van der Waals surface area contributed by atoms with E-state index in [4.69, 9.17) is 0 Å². The number of carbonyl (C=O) groups is 1. The Hall–Kier alpha value is -1.89. The van der Waals surface area contributed by atoms with Crippen LogP contribution in [0.1, 0.15) is 34.6 Å². The van der Waals surface area contributed by atoms with Gasteiger partial charge in [-0.3, -0.25) is 14.2 Å². The van der Waals surface area contributed by atoms with Crippen LogP contribution < -0.4 is 10.9 Å². The van der Waals surface area contributed by atoms with E-state index in [1.165, 1.54) is 11.8 Å². The molecule has 25 heavy (non-hydrogen) atoms. The third-order valence-electron chi connectivity index (χ3n) is 3.96. The van der Waals surface area contributed by atoms with Gasteiger partial charge in [0.25, 0.3) is 5.56 Å². The minimum Gasteiger partial charge on any atom is -0.353 e. The zero-order valence-electron chi connectivity index (χ0n) is 15.4. The van der Waals surface area contributed by atoms with Crippen molar-refractivity contribution in [1.82, 2.24) is 19.9 Å². The Bertz CT molecular complexity index is 801. The lowest BCUT2D eigenvalue weighted by Gasteiger charge is -2.18. The van der Waals surface area contributed by atoms with Gasteiger partial charge in [0.2, 0.25) is 5.91 Å². The second-order valence-corrected chi connectivity index (χ2v) is 7.91. The van der Waals surface area contributed by atoms with E-state index in [-0.39, 0.29) is 23.3 Å². The van der Waals surface area contributed by atoms with E-state index in [0.717, 1.165) is 0 Å². The van der Waals surface area contributed by atoms with Crippen LogP contribution in [0.5, 0.6) is 0 Å². The second-order valence-electron chi connectivity index (χ2n) is 6.97. The molecule has 0 bridgehead atoms. The Morgan fingerprint density at radius 1 is 1.28 bits per heavy atom. The number of nitrogens with zero attached hydrogens (tertiary/aromatic N) is 3. The fraction of sp³-hybridized carbons (Fsp3) is 0.556. The van der Waals surface area contributed by atoms with Gasteiger partial charge in [0.05, 0.1) is 11.1 Å². The number of thioether (sulfide) groups is 1. The summed E-state index contributed by atoms with van der Waals surface area (Å²) >= 11 is 1.28. The molecule has 2 aromatic heterocycles. The highest BCUT2D eigenvalue weighted by molar-refractivity contribution is 7.99. The number of carbonyl (C=O) groups excluding carboxylic acids is 1. The second kappa shape index (κ2) is 8.47. The Kier molecular flexibility index (Phi) is 6.58. The van der Waals surface area contributed by atoms with Crippen LogP contribution in [-0.2, 0) is 11.3 Å². The molecule has 6 nitrogen and oxygen atoms in total. The first-order valence-electron chi connectivity index (χ1n) is 8.57. The Morgan fingerprint density at radius 3 is 2.64 bits per heavy atom. The number of pyridine rings is 1. The monoisotopic (exact) mass is 362 g/mol. The number of nitrogens with one attached hydrogen (secondary N) is 1. The molecule has 0 fully saturated rings. The summed E-state index contributed by atoms with van der Waals surface area (Å²) in [4.78, 5) is 33.6. The van der Waals surface area contributed by atoms with E-state index >= 15 is 0 Å². The molecule has 1 atom stereocenters. The molecule has 1 N–H and O–H groups in total. The Morgan fingerprint density at radius 2 is 2.00 bits per heavy atom. The molecular formula is C18H26N4O2S. The highest BCUT2D eigenvalue weighted by atomic mass is 32.2. The third-order valence-corrected chi connectivity index (χ3v) is 4.94. The predicted molar refractivity (Wildman–Crippen MR) is 102 cm³/mol. The van der Waals surface area contributed by atoms with Crippen LogP contribution in [0.2, 0.25) is 0 Å². The standard InChI is InChI=1S/C18H26N4O2S/c1-11(2)9-22-17(24)14-7-6-8-19-16(14)21-18(22)25-10-15(23)20-13(5)12(3)4/h6-8,11-13H,9-10H2,1-5H3,(H,20,23). The number of hydrogen-bond donors (Lipinski definition) is 1. The molecule has 0 radical (unpaired) electrons. The van der Waals surface area contributed by atoms with Crippen LogP contribution in [-0.4, -0.2) is 32.2 Å². The van der Waals surface area contributed by atoms with Gasteiger partial charge in [-0.2, -0.15) is 0 Å². The zero-order chi connectivity index (χ0) is 18.6. The minimum absolute atomic E-state index is 0.0577. The summed E-state index contributed by atoms with van der Waals surface area (Å²) in [5.74, 6) is 0.830. The zero-order valence-corrected chi connectivity index (χ0v) is 16.3. The van der Waals surface area contributed by atoms with Crippen LogP contribution >= 0.6 is 11.8 Å². The highest BCUT2D eigenvalue weighted by Gasteiger charge is 2.16. The smallest absolute Gasteiger partial charge is 0.263 e. The molecule has 136 valence electrons. The summed E-state index contributed by atoms with van der Waals surface area (Å²) in [7, 11) is 0. The molecule has 1 amide bonds. The van der Waals surface area contributed by atoms with Gasteiger partial charge >= 0.3 is 0 Å². The maximum atomic E-state index is 12.8. The summed E-state index contributed by atoms with van der Waals surface area (Å²) < 4.78 is 1.65. The SMILES string of the molecule is CC(C)Cn1c(SCC(=O)NC(C)C(C)C)nc2ncccc2c1=O. The third kappa shape index (κ3) is 5.04. The van der Waals surface area contributed by atoms with Gasteiger partial charge in [0.1, 0.15) is 0 Å². The number of rotatable bonds is 7. The number of hydrogen-bond acceptors (Lipinski definition) is 5. The predicted octanol–water partition coefficient (Wildman–Crippen LogP) is 2.70. The largest absolute Gasteiger partial charge is 0.353 e. The van der Waals surface area contributed by atoms with E-state index in [2.05, 4.69) is 29.1 Å². The Labute approximate surface area is 152 Å². The highest BCUT2D eigenvalue weighted by Crippen LogP contribution is 2.18. The molecule has 0 saturated carbocycles. The minimum atomic E-state index is -0.106. The normalized spacial score (nSPS) is 12.8. The maximum Gasteiger partial charge on any atom is 0.263 e. The molecule has 0 spiro atoms. The van der Waals surface area contributed by atoms with Crippen LogP contribution in [0, 0.1) is 11.8 Å². The van der Waals surface area contributed by atoms with Crippen molar-refractivity contribution in [2.45, 2.75) is 52.4 Å². The topological polar surface area (TPSA) is 76.9 Å². The summed E-state index contributed by atoms with van der Waals surface area (Å²) in [6, 6.07) is 3.58. The van der Waals surface area contributed by atoms with Crippen molar-refractivity contribution >= 4 is 28.7 Å². The summed E-state index contributed by atoms with van der Waals surface area (Å²) in [6.45, 7) is 10.8. The summed E-state index contributed by atoms with van der Waals surface area (Å²) in [6.07, 6.45) is 1.62. The first kappa shape index (κ1) is 19.4. The first-order valence-corrected chi connectivity index (χ1v) is 9.56. The van der Waals surface area contributed by atoms with Crippen LogP contribution in [0.15, 0.2) is 28.3 Å². The van der Waals surface area contributed by atoms with Gasteiger partial charge < -0.3 is 5.32 Å². The molecule has 2 aromatic rings. The van der Waals surface area contributed by atoms with Gasteiger partial charge in [-0.05, 0) is 30.9 Å². The molecule has 7 heteroatoms.